The van der Waals surface area contributed by atoms with Crippen molar-refractivity contribution in [3.05, 3.63) is 35.4 Å². The highest BCUT2D eigenvalue weighted by molar-refractivity contribution is 5.32. The van der Waals surface area contributed by atoms with E-state index in [4.69, 9.17) is 5.73 Å². The van der Waals surface area contributed by atoms with Crippen LogP contribution < -0.4 is 11.1 Å². The molecule has 3 N–H and O–H groups in total. The molecule has 1 unspecified atom stereocenters. The molecule has 1 fully saturated rings. The molecule has 1 atom stereocenters. The third-order valence-electron chi connectivity index (χ3n) is 4.66. The van der Waals surface area contributed by atoms with Crippen LogP contribution in [-0.4, -0.2) is 18.6 Å². The quantitative estimate of drug-likeness (QED) is 0.834. The Balaban J connectivity index is 1.65. The first-order chi connectivity index (χ1) is 8.81. The molecular formula is C16H24N2. The van der Waals surface area contributed by atoms with Crippen molar-refractivity contribution < 1.29 is 0 Å². The van der Waals surface area contributed by atoms with Gasteiger partial charge in [-0.15, -0.1) is 0 Å². The van der Waals surface area contributed by atoms with Crippen molar-refractivity contribution in [2.75, 3.05) is 13.1 Å². The summed E-state index contributed by atoms with van der Waals surface area (Å²) >= 11 is 0. The van der Waals surface area contributed by atoms with E-state index in [1.165, 1.54) is 43.2 Å². The molecule has 0 aromatic heterocycles. The van der Waals surface area contributed by atoms with Crippen LogP contribution in [0.1, 0.15) is 36.8 Å². The van der Waals surface area contributed by atoms with Crippen LogP contribution in [0, 0.1) is 5.92 Å². The monoisotopic (exact) mass is 244 g/mol. The van der Waals surface area contributed by atoms with Gasteiger partial charge in [0.15, 0.2) is 0 Å². The molecule has 0 radical (unpaired) electrons. The average Bonchev–Trinajstić information content (AvgIpc) is 3.23. The molecule has 0 aliphatic heterocycles. The predicted molar refractivity (Wildman–Crippen MR) is 75.6 cm³/mol. The lowest BCUT2D eigenvalue weighted by molar-refractivity contribution is 0.290. The van der Waals surface area contributed by atoms with E-state index in [0.717, 1.165) is 25.4 Å². The highest BCUT2D eigenvalue weighted by Gasteiger charge is 2.33. The average molecular weight is 244 g/mol. The Morgan fingerprint density at radius 2 is 2.00 bits per heavy atom. The molecule has 1 aromatic carbocycles. The molecule has 0 amide bonds. The summed E-state index contributed by atoms with van der Waals surface area (Å²) in [7, 11) is 0. The van der Waals surface area contributed by atoms with Gasteiger partial charge in [0.05, 0.1) is 0 Å². The standard InChI is InChI=1S/C16H24N2/c17-12-16(18-10-8-13-5-6-13)9-7-14-3-1-2-4-15(14)11-16/h1-4,13,18H,5-12,17H2. The van der Waals surface area contributed by atoms with Gasteiger partial charge in [-0.1, -0.05) is 37.1 Å². The molecule has 98 valence electrons. The van der Waals surface area contributed by atoms with Crippen molar-refractivity contribution in [3.63, 3.8) is 0 Å². The van der Waals surface area contributed by atoms with Crippen LogP contribution in [0.15, 0.2) is 24.3 Å². The molecule has 1 aromatic rings. The largest absolute Gasteiger partial charge is 0.329 e. The summed E-state index contributed by atoms with van der Waals surface area (Å²) in [5.74, 6) is 1.00. The number of hydrogen-bond acceptors (Lipinski definition) is 2. The van der Waals surface area contributed by atoms with E-state index in [1.54, 1.807) is 0 Å². The molecule has 1 saturated carbocycles. The fourth-order valence-corrected chi connectivity index (χ4v) is 3.15. The number of fused-ring (bicyclic) bond motifs is 1. The summed E-state index contributed by atoms with van der Waals surface area (Å²) in [5.41, 5.74) is 9.23. The third-order valence-corrected chi connectivity index (χ3v) is 4.66. The molecule has 0 heterocycles. The summed E-state index contributed by atoms with van der Waals surface area (Å²) in [6, 6.07) is 8.83. The Kier molecular flexibility index (Phi) is 3.40. The Bertz CT molecular complexity index is 411. The Labute approximate surface area is 110 Å². The van der Waals surface area contributed by atoms with Crippen LogP contribution in [0.25, 0.3) is 0 Å². The lowest BCUT2D eigenvalue weighted by Crippen LogP contribution is -2.55. The van der Waals surface area contributed by atoms with Gasteiger partial charge in [-0.2, -0.15) is 0 Å². The lowest BCUT2D eigenvalue weighted by Gasteiger charge is -2.38. The summed E-state index contributed by atoms with van der Waals surface area (Å²) in [6.45, 7) is 1.90. The van der Waals surface area contributed by atoms with Crippen molar-refractivity contribution in [1.29, 1.82) is 0 Å². The first-order valence-electron chi connectivity index (χ1n) is 7.33. The second-order valence-electron chi connectivity index (χ2n) is 6.09. The SMILES string of the molecule is NCC1(NCCC2CC2)CCc2ccccc2C1. The first kappa shape index (κ1) is 12.2. The number of hydrogen-bond donors (Lipinski definition) is 2. The van der Waals surface area contributed by atoms with Crippen molar-refractivity contribution >= 4 is 0 Å². The van der Waals surface area contributed by atoms with E-state index in [9.17, 15) is 0 Å². The van der Waals surface area contributed by atoms with Crippen LogP contribution in [0.3, 0.4) is 0 Å². The van der Waals surface area contributed by atoms with E-state index in [1.807, 2.05) is 0 Å². The zero-order chi connectivity index (χ0) is 12.4. The smallest absolute Gasteiger partial charge is 0.0347 e. The molecular weight excluding hydrogens is 220 g/mol. The minimum Gasteiger partial charge on any atom is -0.329 e. The van der Waals surface area contributed by atoms with Crippen LogP contribution in [0.4, 0.5) is 0 Å². The number of nitrogens with two attached hydrogens (primary N) is 1. The maximum atomic E-state index is 6.07. The zero-order valence-electron chi connectivity index (χ0n) is 11.1. The molecule has 0 spiro atoms. The van der Waals surface area contributed by atoms with Gasteiger partial charge in [0.25, 0.3) is 0 Å². The Hall–Kier alpha value is -0.860. The summed E-state index contributed by atoms with van der Waals surface area (Å²) in [5, 5.41) is 3.77. The van der Waals surface area contributed by atoms with Gasteiger partial charge in [-0.3, -0.25) is 0 Å². The highest BCUT2D eigenvalue weighted by atomic mass is 15.0. The fourth-order valence-electron chi connectivity index (χ4n) is 3.15. The maximum absolute atomic E-state index is 6.07. The van der Waals surface area contributed by atoms with Gasteiger partial charge in [0, 0.05) is 12.1 Å². The number of benzene rings is 1. The van der Waals surface area contributed by atoms with E-state index >= 15 is 0 Å². The fraction of sp³-hybridized carbons (Fsp3) is 0.625. The van der Waals surface area contributed by atoms with Crippen LogP contribution in [0.5, 0.6) is 0 Å². The topological polar surface area (TPSA) is 38.0 Å². The number of aryl methyl sites for hydroxylation is 1. The van der Waals surface area contributed by atoms with Crippen LogP contribution in [0.2, 0.25) is 0 Å². The Morgan fingerprint density at radius 1 is 1.22 bits per heavy atom. The van der Waals surface area contributed by atoms with Gasteiger partial charge in [-0.25, -0.2) is 0 Å². The van der Waals surface area contributed by atoms with Crippen molar-refractivity contribution in [2.45, 2.75) is 44.1 Å². The molecule has 3 rings (SSSR count). The van der Waals surface area contributed by atoms with E-state index < -0.39 is 0 Å². The summed E-state index contributed by atoms with van der Waals surface area (Å²) < 4.78 is 0. The Morgan fingerprint density at radius 3 is 2.72 bits per heavy atom. The molecule has 2 heteroatoms. The molecule has 0 saturated heterocycles. The maximum Gasteiger partial charge on any atom is 0.0347 e. The molecule has 18 heavy (non-hydrogen) atoms. The predicted octanol–water partition coefficient (Wildman–Crippen LogP) is 2.26. The summed E-state index contributed by atoms with van der Waals surface area (Å²) in [6.07, 6.45) is 7.68. The van der Waals surface area contributed by atoms with Crippen LogP contribution >= 0.6 is 0 Å². The lowest BCUT2D eigenvalue weighted by atomic mass is 9.78. The van der Waals surface area contributed by atoms with E-state index in [-0.39, 0.29) is 5.54 Å². The number of nitrogens with one attached hydrogen (secondary N) is 1. The molecule has 2 aliphatic rings. The van der Waals surface area contributed by atoms with E-state index in [2.05, 4.69) is 29.6 Å². The second-order valence-corrected chi connectivity index (χ2v) is 6.09. The minimum absolute atomic E-state index is 0.156. The molecule has 2 aliphatic carbocycles. The number of rotatable bonds is 5. The van der Waals surface area contributed by atoms with Gasteiger partial charge in [0.2, 0.25) is 0 Å². The van der Waals surface area contributed by atoms with Gasteiger partial charge < -0.3 is 11.1 Å². The molecule has 2 nitrogen and oxygen atoms in total. The summed E-state index contributed by atoms with van der Waals surface area (Å²) in [4.78, 5) is 0. The van der Waals surface area contributed by atoms with Crippen LogP contribution in [-0.2, 0) is 12.8 Å². The van der Waals surface area contributed by atoms with Crippen molar-refractivity contribution in [1.82, 2.24) is 5.32 Å². The van der Waals surface area contributed by atoms with Crippen molar-refractivity contribution in [2.24, 2.45) is 11.7 Å². The molecule has 0 bridgehead atoms. The minimum atomic E-state index is 0.156. The van der Waals surface area contributed by atoms with Crippen molar-refractivity contribution in [3.8, 4) is 0 Å². The van der Waals surface area contributed by atoms with Gasteiger partial charge in [-0.05, 0) is 49.3 Å². The second kappa shape index (κ2) is 5.02. The highest BCUT2D eigenvalue weighted by Crippen LogP contribution is 2.33. The van der Waals surface area contributed by atoms with E-state index in [0.29, 0.717) is 0 Å². The third kappa shape index (κ3) is 2.60. The first-order valence-corrected chi connectivity index (χ1v) is 7.33. The van der Waals surface area contributed by atoms with Gasteiger partial charge in [0.1, 0.15) is 0 Å². The zero-order valence-corrected chi connectivity index (χ0v) is 11.1. The normalized spacial score (nSPS) is 26.9. The van der Waals surface area contributed by atoms with Gasteiger partial charge >= 0.3 is 0 Å².